The third kappa shape index (κ3) is 6.18. The first-order chi connectivity index (χ1) is 20.7. The van der Waals surface area contributed by atoms with E-state index in [9.17, 15) is 30.2 Å². The van der Waals surface area contributed by atoms with E-state index in [0.717, 1.165) is 38.2 Å². The van der Waals surface area contributed by atoms with Crippen LogP contribution in [0.5, 0.6) is 0 Å². The zero-order valence-corrected chi connectivity index (χ0v) is 26.0. The molecule has 2 aromatic rings. The Bertz CT molecular complexity index is 1450. The summed E-state index contributed by atoms with van der Waals surface area (Å²) in [7, 11) is 0. The van der Waals surface area contributed by atoms with Crippen molar-refractivity contribution >= 4 is 35.1 Å². The van der Waals surface area contributed by atoms with Crippen LogP contribution in [0.2, 0.25) is 10.0 Å². The third-order valence-corrected chi connectivity index (χ3v) is 10.2. The molecule has 7 atom stereocenters. The molecule has 2 fully saturated rings. The van der Waals surface area contributed by atoms with Crippen molar-refractivity contribution in [1.82, 2.24) is 4.90 Å². The number of halogens is 4. The van der Waals surface area contributed by atoms with Crippen molar-refractivity contribution in [2.24, 2.45) is 17.6 Å². The Balaban J connectivity index is 2.08. The van der Waals surface area contributed by atoms with Crippen LogP contribution in [0.1, 0.15) is 69.4 Å². The maximum Gasteiger partial charge on any atom is 0.321 e. The molecule has 1 aliphatic carbocycles. The number of carbonyl (C=O) groups is 2. The smallest absolute Gasteiger partial charge is 0.321 e. The number of carboxylic acid groups (broad SMARTS) is 1. The van der Waals surface area contributed by atoms with Gasteiger partial charge in [-0.25, -0.2) is 8.78 Å². The second kappa shape index (κ2) is 13.3. The summed E-state index contributed by atoms with van der Waals surface area (Å²) in [5.41, 5.74) is 0.744. The summed E-state index contributed by atoms with van der Waals surface area (Å²) in [6.45, 7) is 2.53. The van der Waals surface area contributed by atoms with Gasteiger partial charge in [-0.2, -0.15) is 5.26 Å². The lowest BCUT2D eigenvalue weighted by molar-refractivity contribution is -0.148. The molecule has 8 nitrogen and oxygen atoms in total. The van der Waals surface area contributed by atoms with Crippen molar-refractivity contribution in [3.63, 3.8) is 0 Å². The third-order valence-electron chi connectivity index (χ3n) is 9.63. The van der Waals surface area contributed by atoms with Gasteiger partial charge in [0.05, 0.1) is 23.6 Å². The highest BCUT2D eigenvalue weighted by Crippen LogP contribution is 2.58. The van der Waals surface area contributed by atoms with E-state index in [2.05, 4.69) is 6.07 Å². The molecule has 5 N–H and O–H groups in total. The predicted molar refractivity (Wildman–Crippen MR) is 161 cm³/mol. The van der Waals surface area contributed by atoms with Crippen molar-refractivity contribution < 1.29 is 33.7 Å². The zero-order chi connectivity index (χ0) is 32.6. The predicted octanol–water partition coefficient (Wildman–Crippen LogP) is 5.16. The molecule has 1 saturated heterocycles. The van der Waals surface area contributed by atoms with Gasteiger partial charge in [-0.3, -0.25) is 14.5 Å². The number of hydrogen-bond acceptors (Lipinski definition) is 6. The fourth-order valence-corrected chi connectivity index (χ4v) is 7.92. The fourth-order valence-electron chi connectivity index (χ4n) is 7.58. The number of likely N-dealkylation sites (tertiary alicyclic amines) is 1. The van der Waals surface area contributed by atoms with E-state index in [-0.39, 0.29) is 27.1 Å². The van der Waals surface area contributed by atoms with Crippen LogP contribution in [0.15, 0.2) is 36.4 Å². The minimum atomic E-state index is -2.12. The van der Waals surface area contributed by atoms with Crippen LogP contribution >= 0.6 is 23.2 Å². The number of aliphatic hydroxyl groups is 2. The Morgan fingerprint density at radius 3 is 2.43 bits per heavy atom. The van der Waals surface area contributed by atoms with Crippen LogP contribution < -0.4 is 5.73 Å². The maximum absolute atomic E-state index is 16.1. The largest absolute Gasteiger partial charge is 0.480 e. The lowest BCUT2D eigenvalue weighted by Gasteiger charge is -2.45. The van der Waals surface area contributed by atoms with Gasteiger partial charge >= 0.3 is 5.97 Å². The summed E-state index contributed by atoms with van der Waals surface area (Å²) in [4.78, 5) is 26.3. The van der Waals surface area contributed by atoms with Gasteiger partial charge in [0.2, 0.25) is 5.91 Å². The number of primary amides is 1. The van der Waals surface area contributed by atoms with Crippen molar-refractivity contribution in [1.29, 1.82) is 5.26 Å². The lowest BCUT2D eigenvalue weighted by atomic mass is 9.60. The second-order valence-electron chi connectivity index (χ2n) is 12.4. The zero-order valence-electron chi connectivity index (χ0n) is 24.5. The molecule has 1 saturated carbocycles. The molecule has 0 aromatic heterocycles. The first-order valence-electron chi connectivity index (χ1n) is 14.6. The summed E-state index contributed by atoms with van der Waals surface area (Å²) in [6, 6.07) is 7.23. The number of rotatable bonds is 10. The topological polar surface area (TPSA) is 148 Å². The summed E-state index contributed by atoms with van der Waals surface area (Å²) in [6.07, 6.45) is 2.03. The molecule has 2 aliphatic rings. The van der Waals surface area contributed by atoms with Crippen molar-refractivity contribution in [2.45, 2.75) is 87.5 Å². The average molecular weight is 653 g/mol. The van der Waals surface area contributed by atoms with Crippen LogP contribution in [0, 0.1) is 34.8 Å². The van der Waals surface area contributed by atoms with Crippen molar-refractivity contribution in [3.05, 3.63) is 69.2 Å². The average Bonchev–Trinajstić information content (AvgIpc) is 3.24. The molecule has 1 amide bonds. The van der Waals surface area contributed by atoms with Gasteiger partial charge in [0.1, 0.15) is 28.7 Å². The number of aliphatic hydroxyl groups excluding tert-OH is 1. The number of carboxylic acids is 1. The highest BCUT2D eigenvalue weighted by molar-refractivity contribution is 6.31. The number of β-amino-alcohol motifs (C(OH)–C–C–N with tert-alkyl or cyclic N) is 1. The molecule has 0 spiro atoms. The Morgan fingerprint density at radius 1 is 1.20 bits per heavy atom. The lowest BCUT2D eigenvalue weighted by Crippen LogP contribution is -2.58. The Hall–Kier alpha value is -2.81. The maximum atomic E-state index is 16.1. The highest BCUT2D eigenvalue weighted by atomic mass is 35.5. The fraction of sp³-hybridized carbons (Fsp3) is 0.531. The molecule has 44 heavy (non-hydrogen) atoms. The molecule has 2 aromatic carbocycles. The first kappa shape index (κ1) is 34.1. The van der Waals surface area contributed by atoms with Crippen LogP contribution in [0.25, 0.3) is 0 Å². The number of nitrogens with zero attached hydrogens (tertiary/aromatic N) is 2. The van der Waals surface area contributed by atoms with Gasteiger partial charge in [-0.05, 0) is 42.5 Å². The number of hydrogen-bond donors (Lipinski definition) is 4. The van der Waals surface area contributed by atoms with Crippen LogP contribution in [-0.2, 0) is 15.0 Å². The minimum absolute atomic E-state index is 0.0165. The van der Waals surface area contributed by atoms with E-state index >= 15 is 8.78 Å². The van der Waals surface area contributed by atoms with Gasteiger partial charge in [-0.1, -0.05) is 80.4 Å². The number of benzene rings is 2. The molecule has 1 heterocycles. The van der Waals surface area contributed by atoms with Crippen molar-refractivity contribution in [2.75, 3.05) is 6.54 Å². The number of nitrogens with two attached hydrogens (primary N) is 1. The van der Waals surface area contributed by atoms with E-state index in [0.29, 0.717) is 0 Å². The monoisotopic (exact) mass is 651 g/mol. The molecule has 1 aliphatic heterocycles. The SMILES string of the molecule is CC(C1CCCCC1)C1N(CC(C)(O)C(O)CC(N)=O)C(C(=O)O)C(c2cccc(Cl)c2F)C1(C#N)c1ccc(Cl)cc1F. The minimum Gasteiger partial charge on any atom is -0.480 e. The van der Waals surface area contributed by atoms with Gasteiger partial charge in [0.15, 0.2) is 0 Å². The quantitative estimate of drug-likeness (QED) is 0.277. The Kier molecular flexibility index (Phi) is 10.3. The van der Waals surface area contributed by atoms with E-state index < -0.39 is 77.5 Å². The molecular formula is C32H37Cl2F2N3O5. The number of nitriles is 1. The van der Waals surface area contributed by atoms with Gasteiger partial charge in [0, 0.05) is 29.1 Å². The first-order valence-corrected chi connectivity index (χ1v) is 15.4. The van der Waals surface area contributed by atoms with Crippen LogP contribution in [-0.4, -0.2) is 62.4 Å². The number of amides is 1. The van der Waals surface area contributed by atoms with Gasteiger partial charge < -0.3 is 21.1 Å². The molecule has 238 valence electrons. The van der Waals surface area contributed by atoms with E-state index in [1.807, 2.05) is 6.92 Å². The van der Waals surface area contributed by atoms with E-state index in [4.69, 9.17) is 28.9 Å². The molecule has 0 bridgehead atoms. The summed E-state index contributed by atoms with van der Waals surface area (Å²) in [5, 5.41) is 44.1. The van der Waals surface area contributed by atoms with Gasteiger partial charge in [-0.15, -0.1) is 0 Å². The summed E-state index contributed by atoms with van der Waals surface area (Å²) in [5.74, 6) is -6.19. The van der Waals surface area contributed by atoms with E-state index in [1.165, 1.54) is 42.2 Å². The second-order valence-corrected chi connectivity index (χ2v) is 13.3. The van der Waals surface area contributed by atoms with Crippen LogP contribution in [0.4, 0.5) is 8.78 Å². The molecule has 4 rings (SSSR count). The Morgan fingerprint density at radius 2 is 1.86 bits per heavy atom. The standard InChI is InChI=1S/C32H37Cl2F2N3O5/c1-17(18-7-4-3-5-8-18)29-32(15-37,21-12-11-19(33)13-23(21)35)26(20-9-6-10-22(34)27(20)36)28(30(42)43)39(29)16-31(2,44)24(40)14-25(38)41/h6,9-13,17-18,24,26,28-29,40,44H,3-5,7-8,14,16H2,1-2H3,(H2,38,41)(H,42,43). The van der Waals surface area contributed by atoms with Crippen molar-refractivity contribution in [3.8, 4) is 6.07 Å². The van der Waals surface area contributed by atoms with Crippen LogP contribution in [0.3, 0.4) is 0 Å². The molecule has 7 unspecified atom stereocenters. The molecule has 12 heteroatoms. The highest BCUT2D eigenvalue weighted by Gasteiger charge is 2.67. The van der Waals surface area contributed by atoms with Gasteiger partial charge in [0.25, 0.3) is 0 Å². The summed E-state index contributed by atoms with van der Waals surface area (Å²) >= 11 is 12.3. The normalized spacial score (nSPS) is 27.3. The Labute approximate surface area is 265 Å². The number of aliphatic carboxylic acids is 1. The number of carbonyl (C=O) groups excluding carboxylic acids is 1. The van der Waals surface area contributed by atoms with E-state index in [1.54, 1.807) is 0 Å². The molecule has 0 radical (unpaired) electrons. The molecular weight excluding hydrogens is 615 g/mol. The summed E-state index contributed by atoms with van der Waals surface area (Å²) < 4.78 is 32.0.